The summed E-state index contributed by atoms with van der Waals surface area (Å²) in [5.41, 5.74) is 2.49. The van der Waals surface area contributed by atoms with E-state index in [0.29, 0.717) is 5.92 Å². The van der Waals surface area contributed by atoms with E-state index in [9.17, 15) is 0 Å². The number of fused-ring (bicyclic) bond motifs is 1. The molecule has 1 atom stereocenters. The standard InChI is InChI=1S/C15H21N3O2/c1-3-19-11-13-9-18(10-14-5-4-6-20-14)8-12-7-17(2)16-15(12)13/h4-7,13H,3,8-11H2,1-2H3. The molecule has 0 fully saturated rings. The van der Waals surface area contributed by atoms with E-state index in [-0.39, 0.29) is 0 Å². The maximum atomic E-state index is 5.62. The molecule has 1 aliphatic rings. The normalized spacial score (nSPS) is 19.2. The van der Waals surface area contributed by atoms with Gasteiger partial charge in [-0.3, -0.25) is 9.58 Å². The first-order valence-electron chi connectivity index (χ1n) is 7.11. The summed E-state index contributed by atoms with van der Waals surface area (Å²) < 4.78 is 13.0. The first-order valence-corrected chi connectivity index (χ1v) is 7.11. The van der Waals surface area contributed by atoms with Crippen molar-refractivity contribution in [1.29, 1.82) is 0 Å². The zero-order valence-electron chi connectivity index (χ0n) is 12.1. The molecule has 0 radical (unpaired) electrons. The minimum absolute atomic E-state index is 0.342. The van der Waals surface area contributed by atoms with Crippen LogP contribution in [0, 0.1) is 0 Å². The maximum Gasteiger partial charge on any atom is 0.117 e. The molecule has 5 nitrogen and oxygen atoms in total. The Kier molecular flexibility index (Phi) is 3.89. The van der Waals surface area contributed by atoms with Gasteiger partial charge in [-0.15, -0.1) is 0 Å². The van der Waals surface area contributed by atoms with Gasteiger partial charge in [0, 0.05) is 44.4 Å². The van der Waals surface area contributed by atoms with Crippen LogP contribution < -0.4 is 0 Å². The summed E-state index contributed by atoms with van der Waals surface area (Å²) in [7, 11) is 1.98. The smallest absolute Gasteiger partial charge is 0.117 e. The molecule has 3 rings (SSSR count). The molecule has 1 aliphatic heterocycles. The lowest BCUT2D eigenvalue weighted by Crippen LogP contribution is -2.34. The fraction of sp³-hybridized carbons (Fsp3) is 0.533. The van der Waals surface area contributed by atoms with E-state index < -0.39 is 0 Å². The van der Waals surface area contributed by atoms with Gasteiger partial charge in [0.05, 0.1) is 25.1 Å². The maximum absolute atomic E-state index is 5.62. The van der Waals surface area contributed by atoms with Crippen molar-refractivity contribution in [3.8, 4) is 0 Å². The number of furan rings is 1. The van der Waals surface area contributed by atoms with Crippen LogP contribution in [0.25, 0.3) is 0 Å². The van der Waals surface area contributed by atoms with E-state index in [1.54, 1.807) is 6.26 Å². The SMILES string of the molecule is CCOCC1CN(Cc2ccco2)Cc2cn(C)nc21. The van der Waals surface area contributed by atoms with Crippen LogP contribution in [-0.4, -0.2) is 34.4 Å². The Hall–Kier alpha value is -1.59. The summed E-state index contributed by atoms with van der Waals surface area (Å²) in [6.07, 6.45) is 3.84. The molecular formula is C15H21N3O2. The molecule has 0 spiro atoms. The van der Waals surface area contributed by atoms with Gasteiger partial charge in [0.1, 0.15) is 5.76 Å². The van der Waals surface area contributed by atoms with Crippen molar-refractivity contribution in [3.63, 3.8) is 0 Å². The highest BCUT2D eigenvalue weighted by Gasteiger charge is 2.28. The number of aryl methyl sites for hydroxylation is 1. The van der Waals surface area contributed by atoms with Crippen LogP contribution in [0.4, 0.5) is 0 Å². The van der Waals surface area contributed by atoms with Crippen LogP contribution in [0.2, 0.25) is 0 Å². The lowest BCUT2D eigenvalue weighted by atomic mass is 9.97. The van der Waals surface area contributed by atoms with Crippen molar-refractivity contribution >= 4 is 0 Å². The Morgan fingerprint density at radius 1 is 1.50 bits per heavy atom. The molecule has 2 aromatic rings. The predicted molar refractivity (Wildman–Crippen MR) is 75.3 cm³/mol. The third-order valence-corrected chi connectivity index (χ3v) is 3.68. The van der Waals surface area contributed by atoms with Crippen LogP contribution in [0.3, 0.4) is 0 Å². The van der Waals surface area contributed by atoms with Gasteiger partial charge >= 0.3 is 0 Å². The molecule has 5 heteroatoms. The van der Waals surface area contributed by atoms with Crippen LogP contribution in [0.1, 0.15) is 29.9 Å². The van der Waals surface area contributed by atoms with Crippen molar-refractivity contribution in [2.75, 3.05) is 19.8 Å². The molecule has 0 amide bonds. The molecule has 0 aliphatic carbocycles. The lowest BCUT2D eigenvalue weighted by Gasteiger charge is -2.31. The first-order chi connectivity index (χ1) is 9.76. The van der Waals surface area contributed by atoms with Crippen molar-refractivity contribution in [2.24, 2.45) is 7.05 Å². The van der Waals surface area contributed by atoms with E-state index in [0.717, 1.165) is 38.6 Å². The highest BCUT2D eigenvalue weighted by atomic mass is 16.5. The molecular weight excluding hydrogens is 254 g/mol. The molecule has 108 valence electrons. The third kappa shape index (κ3) is 2.78. The number of hydrogen-bond donors (Lipinski definition) is 0. The fourth-order valence-corrected chi connectivity index (χ4v) is 2.86. The summed E-state index contributed by atoms with van der Waals surface area (Å²) in [6, 6.07) is 3.96. The van der Waals surface area contributed by atoms with Gasteiger partial charge in [-0.05, 0) is 19.1 Å². The van der Waals surface area contributed by atoms with Crippen molar-refractivity contribution in [2.45, 2.75) is 25.9 Å². The Bertz CT molecular complexity index is 547. The number of ether oxygens (including phenoxy) is 1. The van der Waals surface area contributed by atoms with Crippen LogP contribution in [0.5, 0.6) is 0 Å². The minimum atomic E-state index is 0.342. The van der Waals surface area contributed by atoms with E-state index in [2.05, 4.69) is 16.2 Å². The molecule has 1 unspecified atom stereocenters. The zero-order valence-corrected chi connectivity index (χ0v) is 12.1. The number of nitrogens with zero attached hydrogens (tertiary/aromatic N) is 3. The summed E-state index contributed by atoms with van der Waals surface area (Å²) in [5.74, 6) is 1.35. The number of hydrogen-bond acceptors (Lipinski definition) is 4. The fourth-order valence-electron chi connectivity index (χ4n) is 2.86. The van der Waals surface area contributed by atoms with Crippen LogP contribution >= 0.6 is 0 Å². The molecule has 2 aromatic heterocycles. The van der Waals surface area contributed by atoms with E-state index in [1.807, 2.05) is 30.8 Å². The van der Waals surface area contributed by atoms with Gasteiger partial charge in [0.2, 0.25) is 0 Å². The predicted octanol–water partition coefficient (Wildman–Crippen LogP) is 2.15. The van der Waals surface area contributed by atoms with E-state index in [4.69, 9.17) is 9.15 Å². The van der Waals surface area contributed by atoms with Crippen molar-refractivity contribution < 1.29 is 9.15 Å². The van der Waals surface area contributed by atoms with Gasteiger partial charge in [-0.25, -0.2) is 0 Å². The third-order valence-electron chi connectivity index (χ3n) is 3.68. The molecule has 0 bridgehead atoms. The topological polar surface area (TPSA) is 43.4 Å². The molecule has 20 heavy (non-hydrogen) atoms. The molecule has 0 saturated carbocycles. The molecule has 0 N–H and O–H groups in total. The number of aromatic nitrogens is 2. The largest absolute Gasteiger partial charge is 0.468 e. The van der Waals surface area contributed by atoms with Gasteiger partial charge in [0.25, 0.3) is 0 Å². The van der Waals surface area contributed by atoms with Gasteiger partial charge in [0.15, 0.2) is 0 Å². The summed E-state index contributed by atoms with van der Waals surface area (Å²) in [4.78, 5) is 2.40. The summed E-state index contributed by atoms with van der Waals surface area (Å²) in [6.45, 7) is 6.23. The zero-order chi connectivity index (χ0) is 13.9. The van der Waals surface area contributed by atoms with E-state index >= 15 is 0 Å². The highest BCUT2D eigenvalue weighted by molar-refractivity contribution is 5.24. The van der Waals surface area contributed by atoms with E-state index in [1.165, 1.54) is 11.3 Å². The quantitative estimate of drug-likeness (QED) is 0.838. The Balaban J connectivity index is 1.76. The average Bonchev–Trinajstić information content (AvgIpc) is 3.04. The Morgan fingerprint density at radius 3 is 3.15 bits per heavy atom. The first kappa shape index (κ1) is 13.4. The van der Waals surface area contributed by atoms with Crippen molar-refractivity contribution in [1.82, 2.24) is 14.7 Å². The second-order valence-electron chi connectivity index (χ2n) is 5.32. The lowest BCUT2D eigenvalue weighted by molar-refractivity contribution is 0.101. The molecule has 0 aromatic carbocycles. The Morgan fingerprint density at radius 2 is 2.40 bits per heavy atom. The average molecular weight is 275 g/mol. The second kappa shape index (κ2) is 5.81. The summed E-state index contributed by atoms with van der Waals surface area (Å²) >= 11 is 0. The molecule has 3 heterocycles. The monoisotopic (exact) mass is 275 g/mol. The van der Waals surface area contributed by atoms with Gasteiger partial charge in [-0.2, -0.15) is 5.10 Å². The minimum Gasteiger partial charge on any atom is -0.468 e. The Labute approximate surface area is 119 Å². The van der Waals surface area contributed by atoms with Gasteiger partial charge in [-0.1, -0.05) is 0 Å². The highest BCUT2D eigenvalue weighted by Crippen LogP contribution is 2.28. The van der Waals surface area contributed by atoms with Gasteiger partial charge < -0.3 is 9.15 Å². The molecule has 0 saturated heterocycles. The van der Waals surface area contributed by atoms with Crippen LogP contribution in [0.15, 0.2) is 29.0 Å². The van der Waals surface area contributed by atoms with Crippen molar-refractivity contribution in [3.05, 3.63) is 41.6 Å². The second-order valence-corrected chi connectivity index (χ2v) is 5.32. The summed E-state index contributed by atoms with van der Waals surface area (Å²) in [5, 5.41) is 4.60. The number of rotatable bonds is 5. The van der Waals surface area contributed by atoms with Crippen LogP contribution in [-0.2, 0) is 24.9 Å².